The summed E-state index contributed by atoms with van der Waals surface area (Å²) in [6, 6.07) is 3.02. The summed E-state index contributed by atoms with van der Waals surface area (Å²) in [7, 11) is 0. The Bertz CT molecular complexity index is 855. The molecule has 0 spiro atoms. The van der Waals surface area contributed by atoms with Gasteiger partial charge in [0.05, 0.1) is 35.1 Å². The third kappa shape index (κ3) is 4.48. The number of amides is 1. The van der Waals surface area contributed by atoms with E-state index < -0.39 is 22.7 Å². The Hall–Kier alpha value is -2.39. The fourth-order valence-electron chi connectivity index (χ4n) is 2.61. The number of anilines is 2. The molecule has 1 aliphatic rings. The molecule has 2 aromatic rings. The highest BCUT2D eigenvalue weighted by Crippen LogP contribution is 2.35. The molecule has 0 aliphatic carbocycles. The van der Waals surface area contributed by atoms with Gasteiger partial charge in [0, 0.05) is 25.0 Å². The van der Waals surface area contributed by atoms with E-state index >= 15 is 0 Å². The Morgan fingerprint density at radius 3 is 2.59 bits per heavy atom. The molecule has 0 unspecified atom stereocenters. The molecule has 144 valence electrons. The molecule has 0 radical (unpaired) electrons. The van der Waals surface area contributed by atoms with Gasteiger partial charge in [-0.2, -0.15) is 13.2 Å². The van der Waals surface area contributed by atoms with E-state index in [0.717, 1.165) is 18.2 Å². The van der Waals surface area contributed by atoms with Crippen LogP contribution in [0.1, 0.15) is 21.6 Å². The van der Waals surface area contributed by atoms with Crippen LogP contribution in [0.5, 0.6) is 0 Å². The zero-order valence-electron chi connectivity index (χ0n) is 14.3. The van der Waals surface area contributed by atoms with Gasteiger partial charge >= 0.3 is 6.18 Å². The van der Waals surface area contributed by atoms with Crippen molar-refractivity contribution in [3.8, 4) is 0 Å². The summed E-state index contributed by atoms with van der Waals surface area (Å²) in [5.74, 6) is -0.0261. The largest absolute Gasteiger partial charge is 0.417 e. The monoisotopic (exact) mass is 400 g/mol. The number of nitrogens with one attached hydrogen (secondary N) is 1. The predicted octanol–water partition coefficient (Wildman–Crippen LogP) is 3.55. The van der Waals surface area contributed by atoms with Gasteiger partial charge in [-0.15, -0.1) is 0 Å². The summed E-state index contributed by atoms with van der Waals surface area (Å²) in [6.45, 7) is 4.16. The summed E-state index contributed by atoms with van der Waals surface area (Å²) in [5, 5.41) is 2.02. The SMILES string of the molecule is Cc1nc(N2CCOCC2)ncc1C(=O)Nc1ccc(C(F)(F)F)c(Cl)c1. The second kappa shape index (κ2) is 7.69. The number of hydrogen-bond acceptors (Lipinski definition) is 5. The van der Waals surface area contributed by atoms with Crippen LogP contribution in [0.2, 0.25) is 5.02 Å². The fourth-order valence-corrected chi connectivity index (χ4v) is 2.90. The van der Waals surface area contributed by atoms with E-state index in [-0.39, 0.29) is 11.3 Å². The maximum Gasteiger partial charge on any atom is 0.417 e. The molecule has 1 saturated heterocycles. The summed E-state index contributed by atoms with van der Waals surface area (Å²) >= 11 is 5.67. The van der Waals surface area contributed by atoms with Crippen LogP contribution in [0.4, 0.5) is 24.8 Å². The Kier molecular flexibility index (Phi) is 5.52. The first-order valence-electron chi connectivity index (χ1n) is 8.10. The maximum absolute atomic E-state index is 12.8. The minimum absolute atomic E-state index is 0.148. The Morgan fingerprint density at radius 1 is 1.30 bits per heavy atom. The van der Waals surface area contributed by atoms with Crippen LogP contribution >= 0.6 is 11.6 Å². The third-order valence-electron chi connectivity index (χ3n) is 4.04. The standard InChI is InChI=1S/C17H16ClF3N4O2/c1-10-12(9-22-16(23-10)25-4-6-27-7-5-25)15(26)24-11-2-3-13(14(18)8-11)17(19,20)21/h2-3,8-9H,4-7H2,1H3,(H,24,26). The number of rotatable bonds is 3. The highest BCUT2D eigenvalue weighted by atomic mass is 35.5. The van der Waals surface area contributed by atoms with Crippen LogP contribution in [0.25, 0.3) is 0 Å². The predicted molar refractivity (Wildman–Crippen MR) is 94.2 cm³/mol. The van der Waals surface area contributed by atoms with Gasteiger partial charge in [0.15, 0.2) is 0 Å². The number of ether oxygens (including phenoxy) is 1. The Balaban J connectivity index is 1.75. The first kappa shape index (κ1) is 19.4. The van der Waals surface area contributed by atoms with Crippen LogP contribution in [0.15, 0.2) is 24.4 Å². The average molecular weight is 401 g/mol. The van der Waals surface area contributed by atoms with E-state index in [2.05, 4.69) is 15.3 Å². The van der Waals surface area contributed by atoms with E-state index in [1.54, 1.807) is 6.92 Å². The molecule has 27 heavy (non-hydrogen) atoms. The van der Waals surface area contributed by atoms with Crippen LogP contribution in [0, 0.1) is 6.92 Å². The molecule has 1 fully saturated rings. The fraction of sp³-hybridized carbons (Fsp3) is 0.353. The quantitative estimate of drug-likeness (QED) is 0.853. The lowest BCUT2D eigenvalue weighted by Gasteiger charge is -2.27. The molecule has 1 aromatic heterocycles. The van der Waals surface area contributed by atoms with Crippen molar-refractivity contribution in [1.82, 2.24) is 9.97 Å². The lowest BCUT2D eigenvalue weighted by atomic mass is 10.2. The van der Waals surface area contributed by atoms with Crippen LogP contribution in [-0.2, 0) is 10.9 Å². The third-order valence-corrected chi connectivity index (χ3v) is 4.35. The highest BCUT2D eigenvalue weighted by Gasteiger charge is 2.33. The van der Waals surface area contributed by atoms with E-state index in [0.29, 0.717) is 37.9 Å². The van der Waals surface area contributed by atoms with Crippen molar-refractivity contribution in [3.63, 3.8) is 0 Å². The number of carbonyl (C=O) groups excluding carboxylic acids is 1. The van der Waals surface area contributed by atoms with Crippen molar-refractivity contribution in [2.75, 3.05) is 36.5 Å². The van der Waals surface area contributed by atoms with Crippen molar-refractivity contribution in [3.05, 3.63) is 46.2 Å². The number of aryl methyl sites for hydroxylation is 1. The molecular formula is C17H16ClF3N4O2. The second-order valence-corrected chi connectivity index (χ2v) is 6.32. The number of benzene rings is 1. The Labute approximate surface area is 158 Å². The Morgan fingerprint density at radius 2 is 2.00 bits per heavy atom. The van der Waals surface area contributed by atoms with Crippen LogP contribution < -0.4 is 10.2 Å². The van der Waals surface area contributed by atoms with Crippen LogP contribution in [-0.4, -0.2) is 42.2 Å². The van der Waals surface area contributed by atoms with Gasteiger partial charge in [0.25, 0.3) is 5.91 Å². The van der Waals surface area contributed by atoms with Crippen molar-refractivity contribution in [2.24, 2.45) is 0 Å². The minimum Gasteiger partial charge on any atom is -0.378 e. The topological polar surface area (TPSA) is 67.3 Å². The van der Waals surface area contributed by atoms with Gasteiger partial charge in [0.1, 0.15) is 0 Å². The number of hydrogen-bond donors (Lipinski definition) is 1. The smallest absolute Gasteiger partial charge is 0.378 e. The lowest BCUT2D eigenvalue weighted by Crippen LogP contribution is -2.37. The number of alkyl halides is 3. The molecule has 1 amide bonds. The molecule has 0 saturated carbocycles. The van der Waals surface area contributed by atoms with E-state index in [1.807, 2.05) is 4.90 Å². The molecule has 3 rings (SSSR count). The first-order valence-corrected chi connectivity index (χ1v) is 8.48. The number of aromatic nitrogens is 2. The van der Waals surface area contributed by atoms with Gasteiger partial charge in [-0.05, 0) is 25.1 Å². The maximum atomic E-state index is 12.8. The molecule has 0 atom stereocenters. The second-order valence-electron chi connectivity index (χ2n) is 5.92. The van der Waals surface area contributed by atoms with Gasteiger partial charge < -0.3 is 15.0 Å². The zero-order valence-corrected chi connectivity index (χ0v) is 15.1. The molecule has 1 aromatic carbocycles. The van der Waals surface area contributed by atoms with Crippen molar-refractivity contribution in [1.29, 1.82) is 0 Å². The minimum atomic E-state index is -4.56. The summed E-state index contributed by atoms with van der Waals surface area (Å²) in [4.78, 5) is 22.9. The molecule has 1 N–H and O–H groups in total. The first-order chi connectivity index (χ1) is 12.8. The van der Waals surface area contributed by atoms with Crippen molar-refractivity contribution >= 4 is 29.1 Å². The number of halogens is 4. The molecule has 0 bridgehead atoms. The zero-order chi connectivity index (χ0) is 19.6. The average Bonchev–Trinajstić information content (AvgIpc) is 2.61. The summed E-state index contributed by atoms with van der Waals surface area (Å²) in [5.41, 5.74) is -0.128. The van der Waals surface area contributed by atoms with Gasteiger partial charge in [-0.3, -0.25) is 4.79 Å². The van der Waals surface area contributed by atoms with Crippen molar-refractivity contribution in [2.45, 2.75) is 13.1 Å². The molecule has 2 heterocycles. The van der Waals surface area contributed by atoms with Gasteiger partial charge in [-0.25, -0.2) is 9.97 Å². The molecule has 1 aliphatic heterocycles. The van der Waals surface area contributed by atoms with Crippen LogP contribution in [0.3, 0.4) is 0 Å². The number of nitrogens with zero attached hydrogens (tertiary/aromatic N) is 3. The normalized spacial score (nSPS) is 14.9. The number of carbonyl (C=O) groups is 1. The summed E-state index contributed by atoms with van der Waals surface area (Å²) in [6.07, 6.45) is -3.16. The number of morpholine rings is 1. The molecule has 10 heteroatoms. The van der Waals surface area contributed by atoms with E-state index in [9.17, 15) is 18.0 Å². The summed E-state index contributed by atoms with van der Waals surface area (Å²) < 4.78 is 43.5. The lowest BCUT2D eigenvalue weighted by molar-refractivity contribution is -0.137. The molecule has 6 nitrogen and oxygen atoms in total. The van der Waals surface area contributed by atoms with Gasteiger partial charge in [-0.1, -0.05) is 11.6 Å². The highest BCUT2D eigenvalue weighted by molar-refractivity contribution is 6.31. The van der Waals surface area contributed by atoms with Gasteiger partial charge in [0.2, 0.25) is 5.95 Å². The van der Waals surface area contributed by atoms with E-state index in [4.69, 9.17) is 16.3 Å². The van der Waals surface area contributed by atoms with E-state index in [1.165, 1.54) is 6.20 Å². The van der Waals surface area contributed by atoms with Crippen molar-refractivity contribution < 1.29 is 22.7 Å². The molecular weight excluding hydrogens is 385 g/mol.